The first-order chi connectivity index (χ1) is 18.4. The Balaban J connectivity index is 2.45. The van der Waals surface area contributed by atoms with Crippen LogP contribution in [0.5, 0.6) is 0 Å². The van der Waals surface area contributed by atoms with E-state index in [-0.39, 0.29) is 24.2 Å². The van der Waals surface area contributed by atoms with Crippen molar-refractivity contribution in [2.45, 2.75) is 64.2 Å². The standard InChI is InChI=1S/C24H32O15/c1-11(25)34-7-6-14-15(8-18(28)32-4)16(22(31)33-5)9-36-23(14)39-24-20(30)21(37-13(3)27)19(29)17(38-24)10-35-12(2)26/h6,9,15,17,19-21,23-24,29-30H,7-8,10H2,1-5H3/b14-6+/t15-,17+,19+,20+,21-,23-,24-/m0/s1. The first kappa shape index (κ1) is 31.7. The van der Waals surface area contributed by atoms with E-state index in [9.17, 15) is 34.2 Å². The van der Waals surface area contributed by atoms with E-state index in [0.717, 1.165) is 34.3 Å². The predicted octanol–water partition coefficient (Wildman–Crippen LogP) is -0.973. The molecule has 0 saturated carbocycles. The van der Waals surface area contributed by atoms with E-state index in [4.69, 9.17) is 37.9 Å². The van der Waals surface area contributed by atoms with Crippen LogP contribution in [0.4, 0.5) is 0 Å². The van der Waals surface area contributed by atoms with Crippen LogP contribution in [0.3, 0.4) is 0 Å². The maximum atomic E-state index is 12.4. The molecule has 0 spiro atoms. The number of aliphatic hydroxyl groups is 2. The Bertz CT molecular complexity index is 986. The molecule has 0 unspecified atom stereocenters. The highest BCUT2D eigenvalue weighted by molar-refractivity contribution is 5.90. The van der Waals surface area contributed by atoms with Gasteiger partial charge in [-0.25, -0.2) is 4.79 Å². The van der Waals surface area contributed by atoms with Crippen LogP contribution in [0.25, 0.3) is 0 Å². The highest BCUT2D eigenvalue weighted by atomic mass is 16.8. The number of esters is 5. The van der Waals surface area contributed by atoms with Gasteiger partial charge in [-0.3, -0.25) is 19.2 Å². The first-order valence-corrected chi connectivity index (χ1v) is 11.7. The summed E-state index contributed by atoms with van der Waals surface area (Å²) in [6.07, 6.45) is -7.35. The molecule has 0 radical (unpaired) electrons. The molecular formula is C24H32O15. The minimum atomic E-state index is -1.76. The van der Waals surface area contributed by atoms with Gasteiger partial charge in [-0.1, -0.05) is 0 Å². The van der Waals surface area contributed by atoms with Crippen LogP contribution in [0.1, 0.15) is 27.2 Å². The zero-order chi connectivity index (χ0) is 29.3. The van der Waals surface area contributed by atoms with Gasteiger partial charge in [0.1, 0.15) is 31.5 Å². The summed E-state index contributed by atoms with van der Waals surface area (Å²) in [6, 6.07) is 0. The van der Waals surface area contributed by atoms with Gasteiger partial charge in [-0.2, -0.15) is 0 Å². The molecular weight excluding hydrogens is 528 g/mol. The van der Waals surface area contributed by atoms with E-state index in [0.29, 0.717) is 0 Å². The molecule has 2 aliphatic rings. The summed E-state index contributed by atoms with van der Waals surface area (Å²) >= 11 is 0. The van der Waals surface area contributed by atoms with E-state index in [1.54, 1.807) is 0 Å². The van der Waals surface area contributed by atoms with Crippen LogP contribution in [-0.2, 0) is 61.9 Å². The lowest BCUT2D eigenvalue weighted by Crippen LogP contribution is -2.61. The molecule has 2 heterocycles. The second-order valence-electron chi connectivity index (χ2n) is 8.41. The third kappa shape index (κ3) is 8.74. The number of carbonyl (C=O) groups is 5. The van der Waals surface area contributed by atoms with E-state index in [1.165, 1.54) is 13.0 Å². The Morgan fingerprint density at radius 3 is 2.18 bits per heavy atom. The van der Waals surface area contributed by atoms with E-state index in [1.807, 2.05) is 0 Å². The van der Waals surface area contributed by atoms with Crippen LogP contribution in [-0.4, -0.2) is 104 Å². The van der Waals surface area contributed by atoms with E-state index >= 15 is 0 Å². The number of aliphatic hydroxyl groups excluding tert-OH is 2. The third-order valence-corrected chi connectivity index (χ3v) is 5.65. The van der Waals surface area contributed by atoms with Gasteiger partial charge in [0.05, 0.1) is 32.5 Å². The molecule has 1 saturated heterocycles. The Kier molecular flexibility index (Phi) is 11.8. The normalized spacial score (nSPS) is 29.4. The highest BCUT2D eigenvalue weighted by Crippen LogP contribution is 2.36. The summed E-state index contributed by atoms with van der Waals surface area (Å²) in [4.78, 5) is 58.8. The van der Waals surface area contributed by atoms with Crippen molar-refractivity contribution in [2.24, 2.45) is 5.92 Å². The third-order valence-electron chi connectivity index (χ3n) is 5.65. The Hall–Kier alpha value is -3.53. The number of hydrogen-bond donors (Lipinski definition) is 2. The second kappa shape index (κ2) is 14.6. The molecule has 7 atom stereocenters. The topological polar surface area (TPSA) is 200 Å². The van der Waals surface area contributed by atoms with Gasteiger partial charge >= 0.3 is 29.8 Å². The van der Waals surface area contributed by atoms with Crippen molar-refractivity contribution >= 4 is 29.8 Å². The van der Waals surface area contributed by atoms with Gasteiger partial charge in [0.15, 0.2) is 12.4 Å². The molecule has 2 N–H and O–H groups in total. The van der Waals surface area contributed by atoms with Gasteiger partial charge in [0, 0.05) is 32.3 Å². The van der Waals surface area contributed by atoms with Crippen molar-refractivity contribution in [3.05, 3.63) is 23.5 Å². The maximum Gasteiger partial charge on any atom is 0.337 e. The van der Waals surface area contributed by atoms with Crippen LogP contribution in [0, 0.1) is 5.92 Å². The highest BCUT2D eigenvalue weighted by Gasteiger charge is 2.49. The largest absolute Gasteiger partial charge is 0.469 e. The van der Waals surface area contributed by atoms with Gasteiger partial charge in [-0.15, -0.1) is 0 Å². The number of hydrogen-bond acceptors (Lipinski definition) is 15. The minimum absolute atomic E-state index is 0.0807. The molecule has 0 aromatic rings. The predicted molar refractivity (Wildman–Crippen MR) is 124 cm³/mol. The maximum absolute atomic E-state index is 12.4. The molecule has 15 heteroatoms. The molecule has 15 nitrogen and oxygen atoms in total. The fraction of sp³-hybridized carbons (Fsp3) is 0.625. The minimum Gasteiger partial charge on any atom is -0.469 e. The van der Waals surface area contributed by atoms with Gasteiger partial charge in [0.25, 0.3) is 0 Å². The molecule has 0 aromatic heterocycles. The van der Waals surface area contributed by atoms with Gasteiger partial charge in [-0.05, 0) is 6.08 Å². The first-order valence-electron chi connectivity index (χ1n) is 11.7. The van der Waals surface area contributed by atoms with Crippen molar-refractivity contribution in [2.75, 3.05) is 27.4 Å². The van der Waals surface area contributed by atoms with Crippen molar-refractivity contribution in [1.29, 1.82) is 0 Å². The molecule has 39 heavy (non-hydrogen) atoms. The summed E-state index contributed by atoms with van der Waals surface area (Å²) in [7, 11) is 2.27. The fourth-order valence-corrected chi connectivity index (χ4v) is 3.83. The Labute approximate surface area is 223 Å². The zero-order valence-electron chi connectivity index (χ0n) is 22.0. The molecule has 1 fully saturated rings. The lowest BCUT2D eigenvalue weighted by Gasteiger charge is -2.43. The van der Waals surface area contributed by atoms with E-state index < -0.39 is 79.4 Å². The Morgan fingerprint density at radius 1 is 0.949 bits per heavy atom. The van der Waals surface area contributed by atoms with E-state index in [2.05, 4.69) is 0 Å². The second-order valence-corrected chi connectivity index (χ2v) is 8.41. The molecule has 0 bridgehead atoms. The van der Waals surface area contributed by atoms with Gasteiger partial charge in [0.2, 0.25) is 6.29 Å². The monoisotopic (exact) mass is 560 g/mol. The Morgan fingerprint density at radius 2 is 1.62 bits per heavy atom. The number of methoxy groups -OCH3 is 2. The quantitative estimate of drug-likeness (QED) is 0.188. The fourth-order valence-electron chi connectivity index (χ4n) is 3.83. The van der Waals surface area contributed by atoms with Crippen molar-refractivity contribution in [3.8, 4) is 0 Å². The van der Waals surface area contributed by atoms with Crippen molar-refractivity contribution < 1.29 is 72.1 Å². The van der Waals surface area contributed by atoms with Crippen LogP contribution in [0.15, 0.2) is 23.5 Å². The van der Waals surface area contributed by atoms with Crippen LogP contribution < -0.4 is 0 Å². The number of ether oxygens (including phenoxy) is 8. The molecule has 2 aliphatic heterocycles. The SMILES string of the molecule is COC(=O)C[C@@H]1C(C(=O)OC)=CO[C@@H](O[C@@H]2O[C@H](COC(C)=O)[C@@H](O)[C@H](OC(C)=O)[C@H]2O)/C1=C/COC(C)=O. The summed E-state index contributed by atoms with van der Waals surface area (Å²) in [6.45, 7) is 2.58. The summed E-state index contributed by atoms with van der Waals surface area (Å²) in [5.41, 5.74) is 0.0231. The summed E-state index contributed by atoms with van der Waals surface area (Å²) in [5.74, 6) is -4.70. The molecule has 0 aromatic carbocycles. The van der Waals surface area contributed by atoms with Crippen molar-refractivity contribution in [1.82, 2.24) is 0 Å². The van der Waals surface area contributed by atoms with Crippen molar-refractivity contribution in [3.63, 3.8) is 0 Å². The average Bonchev–Trinajstić information content (AvgIpc) is 2.87. The zero-order valence-corrected chi connectivity index (χ0v) is 22.0. The number of rotatable bonds is 10. The van der Waals surface area contributed by atoms with Gasteiger partial charge < -0.3 is 48.1 Å². The summed E-state index contributed by atoms with van der Waals surface area (Å²) in [5, 5.41) is 21.4. The number of carbonyl (C=O) groups excluding carboxylic acids is 5. The summed E-state index contributed by atoms with van der Waals surface area (Å²) < 4.78 is 41.4. The lowest BCUT2D eigenvalue weighted by molar-refractivity contribution is -0.329. The van der Waals surface area contributed by atoms with Crippen LogP contribution in [0.2, 0.25) is 0 Å². The molecule has 0 aliphatic carbocycles. The molecule has 218 valence electrons. The average molecular weight is 561 g/mol. The molecule has 0 amide bonds. The smallest absolute Gasteiger partial charge is 0.337 e. The lowest BCUT2D eigenvalue weighted by atomic mass is 9.86. The molecule has 2 rings (SSSR count). The van der Waals surface area contributed by atoms with Crippen LogP contribution >= 0.6 is 0 Å².